The van der Waals surface area contributed by atoms with E-state index in [1.54, 1.807) is 6.92 Å². The molecule has 3 fully saturated rings. The maximum Gasteiger partial charge on any atom is 0.186 e. The molecule has 0 aromatic heterocycles. The van der Waals surface area contributed by atoms with Crippen LogP contribution in [0.2, 0.25) is 0 Å². The summed E-state index contributed by atoms with van der Waals surface area (Å²) in [6.07, 6.45) is 7.22. The summed E-state index contributed by atoms with van der Waals surface area (Å²) in [5, 5.41) is 10.9. The summed E-state index contributed by atoms with van der Waals surface area (Å²) in [7, 11) is 0. The van der Waals surface area contributed by atoms with Gasteiger partial charge >= 0.3 is 0 Å². The van der Waals surface area contributed by atoms with Crippen molar-refractivity contribution in [2.45, 2.75) is 68.3 Å². The van der Waals surface area contributed by atoms with Crippen LogP contribution in [0, 0.1) is 11.8 Å². The van der Waals surface area contributed by atoms with Gasteiger partial charge < -0.3 is 9.84 Å². The first kappa shape index (κ1) is 16.7. The molecule has 144 valence electrons. The number of hydrogen-bond acceptors (Lipinski definition) is 5. The zero-order chi connectivity index (χ0) is 18.3. The molecule has 5 heteroatoms. The summed E-state index contributed by atoms with van der Waals surface area (Å²) in [5.74, 6) is 2.51. The van der Waals surface area contributed by atoms with E-state index in [2.05, 4.69) is 11.0 Å². The highest BCUT2D eigenvalue weighted by molar-refractivity contribution is 8.14. The molecule has 1 aromatic carbocycles. The van der Waals surface area contributed by atoms with Crippen molar-refractivity contribution in [3.8, 4) is 11.5 Å². The van der Waals surface area contributed by atoms with Gasteiger partial charge in [-0.15, -0.1) is 0 Å². The number of piperidine rings is 1. The van der Waals surface area contributed by atoms with E-state index in [1.807, 2.05) is 6.07 Å². The average Bonchev–Trinajstić information content (AvgIpc) is 3.38. The van der Waals surface area contributed by atoms with E-state index in [4.69, 9.17) is 4.74 Å². The standard InChI is InChI=1S/C22H27NO3S/c1-12(24)27-18-7-5-15-16-10-14-4-6-17(25)20-19(14)22(15,21(18)26-20)8-9-23(16)11-13-2-3-13/h4,6,13,15-16,18,21,25H,2-3,5,7-11H2,1H3/t15-,16+,18?,21?,22-/m0/s1. The molecule has 1 spiro atoms. The van der Waals surface area contributed by atoms with Gasteiger partial charge in [0.2, 0.25) is 0 Å². The largest absolute Gasteiger partial charge is 0.504 e. The second-order valence-electron chi connectivity index (χ2n) is 9.32. The molecule has 5 atom stereocenters. The van der Waals surface area contributed by atoms with Crippen LogP contribution in [-0.2, 0) is 16.6 Å². The lowest BCUT2D eigenvalue weighted by Gasteiger charge is -2.59. The molecule has 0 radical (unpaired) electrons. The van der Waals surface area contributed by atoms with Gasteiger partial charge in [0, 0.05) is 30.5 Å². The Kier molecular flexibility index (Phi) is 3.51. The van der Waals surface area contributed by atoms with E-state index in [-0.39, 0.29) is 27.6 Å². The molecule has 1 saturated heterocycles. The summed E-state index contributed by atoms with van der Waals surface area (Å²) in [6.45, 7) is 4.06. The molecule has 2 heterocycles. The average molecular weight is 386 g/mol. The quantitative estimate of drug-likeness (QED) is 0.863. The Morgan fingerprint density at radius 1 is 1.33 bits per heavy atom. The van der Waals surface area contributed by atoms with Crippen LogP contribution < -0.4 is 4.74 Å². The number of benzene rings is 1. The number of thioether (sulfide) groups is 1. The number of carbonyl (C=O) groups is 1. The minimum atomic E-state index is -0.00224. The van der Waals surface area contributed by atoms with Gasteiger partial charge in [-0.25, -0.2) is 0 Å². The van der Waals surface area contributed by atoms with Gasteiger partial charge in [0.15, 0.2) is 16.6 Å². The predicted molar refractivity (Wildman–Crippen MR) is 105 cm³/mol. The number of ether oxygens (including phenoxy) is 1. The molecule has 3 aliphatic carbocycles. The van der Waals surface area contributed by atoms with Crippen LogP contribution >= 0.6 is 11.8 Å². The third-order valence-electron chi connectivity index (χ3n) is 7.88. The first-order valence-corrected chi connectivity index (χ1v) is 11.4. The fourth-order valence-electron chi connectivity index (χ4n) is 6.77. The lowest BCUT2D eigenvalue weighted by atomic mass is 9.52. The topological polar surface area (TPSA) is 49.8 Å². The number of phenols is 1. The molecule has 0 amide bonds. The molecule has 2 aliphatic heterocycles. The number of hydrogen-bond donors (Lipinski definition) is 1. The van der Waals surface area contributed by atoms with Crippen molar-refractivity contribution in [3.05, 3.63) is 23.3 Å². The van der Waals surface area contributed by atoms with Crippen LogP contribution in [0.25, 0.3) is 0 Å². The monoisotopic (exact) mass is 385 g/mol. The Hall–Kier alpha value is -1.20. The summed E-state index contributed by atoms with van der Waals surface area (Å²) in [6, 6.07) is 4.54. The molecule has 1 N–H and O–H groups in total. The molecule has 1 aromatic rings. The van der Waals surface area contributed by atoms with Crippen LogP contribution in [0.4, 0.5) is 0 Å². The van der Waals surface area contributed by atoms with Gasteiger partial charge in [-0.05, 0) is 68.5 Å². The normalized spacial score (nSPS) is 39.0. The van der Waals surface area contributed by atoms with Gasteiger partial charge in [-0.3, -0.25) is 9.69 Å². The number of likely N-dealkylation sites (tertiary alicyclic amines) is 1. The van der Waals surface area contributed by atoms with Gasteiger partial charge in [-0.1, -0.05) is 17.8 Å². The van der Waals surface area contributed by atoms with Crippen molar-refractivity contribution in [3.63, 3.8) is 0 Å². The highest BCUT2D eigenvalue weighted by Gasteiger charge is 2.66. The second kappa shape index (κ2) is 5.66. The Morgan fingerprint density at radius 3 is 2.96 bits per heavy atom. The van der Waals surface area contributed by atoms with E-state index in [1.165, 1.54) is 48.7 Å². The van der Waals surface area contributed by atoms with Crippen LogP contribution in [0.3, 0.4) is 0 Å². The number of aromatic hydroxyl groups is 1. The van der Waals surface area contributed by atoms with Crippen LogP contribution in [-0.4, -0.2) is 45.6 Å². The summed E-state index contributed by atoms with van der Waals surface area (Å²) in [5.41, 5.74) is 2.67. The van der Waals surface area contributed by atoms with Gasteiger partial charge in [-0.2, -0.15) is 0 Å². The van der Waals surface area contributed by atoms with Gasteiger partial charge in [0.1, 0.15) is 6.10 Å². The maximum absolute atomic E-state index is 11.9. The number of nitrogens with zero attached hydrogens (tertiary/aromatic N) is 1. The van der Waals surface area contributed by atoms with Crippen LogP contribution in [0.5, 0.6) is 11.5 Å². The Morgan fingerprint density at radius 2 is 2.19 bits per heavy atom. The number of carbonyl (C=O) groups excluding carboxylic acids is 1. The van der Waals surface area contributed by atoms with Gasteiger partial charge in [0.05, 0.1) is 5.25 Å². The third-order valence-corrected chi connectivity index (χ3v) is 9.00. The predicted octanol–water partition coefficient (Wildman–Crippen LogP) is 3.49. The summed E-state index contributed by atoms with van der Waals surface area (Å²) in [4.78, 5) is 14.7. The first-order valence-electron chi connectivity index (χ1n) is 10.5. The van der Waals surface area contributed by atoms with E-state index >= 15 is 0 Å². The Balaban J connectivity index is 1.47. The van der Waals surface area contributed by atoms with Crippen LogP contribution in [0.15, 0.2) is 12.1 Å². The smallest absolute Gasteiger partial charge is 0.186 e. The fourth-order valence-corrected chi connectivity index (χ4v) is 7.87. The lowest BCUT2D eigenvalue weighted by molar-refractivity contribution is -0.109. The van der Waals surface area contributed by atoms with Crippen molar-refractivity contribution in [2.24, 2.45) is 11.8 Å². The third kappa shape index (κ3) is 2.24. The highest BCUT2D eigenvalue weighted by Crippen LogP contribution is 2.65. The minimum absolute atomic E-state index is 0.00224. The molecule has 4 nitrogen and oxygen atoms in total. The lowest BCUT2D eigenvalue weighted by Crippen LogP contribution is -2.66. The van der Waals surface area contributed by atoms with E-state index in [0.29, 0.717) is 12.0 Å². The van der Waals surface area contributed by atoms with E-state index in [0.717, 1.165) is 37.5 Å². The molecule has 2 bridgehead atoms. The number of phenolic OH excluding ortho intramolecular Hbond substituents is 1. The van der Waals surface area contributed by atoms with Crippen molar-refractivity contribution in [2.75, 3.05) is 13.1 Å². The van der Waals surface area contributed by atoms with Crippen LogP contribution in [0.1, 0.15) is 50.2 Å². The summed E-state index contributed by atoms with van der Waals surface area (Å²) >= 11 is 1.46. The van der Waals surface area contributed by atoms with Crippen molar-refractivity contribution in [1.82, 2.24) is 4.90 Å². The zero-order valence-corrected chi connectivity index (χ0v) is 16.6. The molecule has 2 unspecified atom stereocenters. The Labute approximate surface area is 164 Å². The maximum atomic E-state index is 11.9. The molecular formula is C22H27NO3S. The molecular weight excluding hydrogens is 358 g/mol. The van der Waals surface area contributed by atoms with Crippen molar-refractivity contribution >= 4 is 16.9 Å². The summed E-state index contributed by atoms with van der Waals surface area (Å²) < 4.78 is 6.51. The highest BCUT2D eigenvalue weighted by atomic mass is 32.2. The minimum Gasteiger partial charge on any atom is -0.504 e. The van der Waals surface area contributed by atoms with E-state index in [9.17, 15) is 9.90 Å². The number of rotatable bonds is 3. The van der Waals surface area contributed by atoms with Crippen molar-refractivity contribution < 1.29 is 14.6 Å². The fraction of sp³-hybridized carbons (Fsp3) is 0.682. The SMILES string of the molecule is CC(=O)SC1CC[C@H]2[C@H]3Cc4ccc(O)c5c4[C@@]2(CCN3CC2CC2)C1O5. The first-order chi connectivity index (χ1) is 13.1. The molecule has 27 heavy (non-hydrogen) atoms. The second-order valence-corrected chi connectivity index (χ2v) is 10.7. The van der Waals surface area contributed by atoms with Gasteiger partial charge in [0.25, 0.3) is 0 Å². The molecule has 6 rings (SSSR count). The molecule has 2 saturated carbocycles. The molecule has 5 aliphatic rings. The van der Waals surface area contributed by atoms with Crippen molar-refractivity contribution in [1.29, 1.82) is 0 Å². The van der Waals surface area contributed by atoms with E-state index < -0.39 is 0 Å². The zero-order valence-electron chi connectivity index (χ0n) is 15.8. The Bertz CT molecular complexity index is 822.